The zero-order chi connectivity index (χ0) is 16.3. The molecule has 0 spiro atoms. The normalized spacial score (nSPS) is 12.6. The van der Waals surface area contributed by atoms with Crippen molar-refractivity contribution in [2.45, 2.75) is 11.1 Å². The number of hydrogen-bond donors (Lipinski definition) is 2. The number of nitrogen functional groups attached to an aromatic ring is 1. The largest absolute Gasteiger partial charge is 0.411 e. The zero-order valence-electron chi connectivity index (χ0n) is 10.4. The van der Waals surface area contributed by atoms with Crippen LogP contribution >= 0.6 is 15.9 Å². The first kappa shape index (κ1) is 18.1. The van der Waals surface area contributed by atoms with Crippen LogP contribution < -0.4 is 10.5 Å². The summed E-state index contributed by atoms with van der Waals surface area (Å²) < 4.78 is 78.7. The second-order valence-electron chi connectivity index (χ2n) is 3.88. The Bertz CT molecular complexity index is 607. The summed E-state index contributed by atoms with van der Waals surface area (Å²) in [5.74, 6) is -1.05. The van der Waals surface area contributed by atoms with Crippen LogP contribution in [0, 0.1) is 5.82 Å². The molecule has 0 aliphatic rings. The molecule has 1 aromatic rings. The first-order valence-corrected chi connectivity index (χ1v) is 7.69. The molecule has 0 heterocycles. The molecule has 0 bridgehead atoms. The molecule has 0 aromatic heterocycles. The Balaban J connectivity index is 2.67. The number of hydrogen-bond acceptors (Lipinski definition) is 4. The Hall–Kier alpha value is -0.910. The highest BCUT2D eigenvalue weighted by Gasteiger charge is 2.27. The van der Waals surface area contributed by atoms with E-state index in [9.17, 15) is 26.0 Å². The van der Waals surface area contributed by atoms with Gasteiger partial charge in [0.2, 0.25) is 10.0 Å². The van der Waals surface area contributed by atoms with E-state index in [1.807, 2.05) is 4.72 Å². The van der Waals surface area contributed by atoms with Gasteiger partial charge in [0.15, 0.2) is 5.82 Å². The van der Waals surface area contributed by atoms with Gasteiger partial charge in [0.05, 0.1) is 11.1 Å². The molecule has 5 nitrogen and oxygen atoms in total. The van der Waals surface area contributed by atoms with E-state index in [-0.39, 0.29) is 10.2 Å². The quantitative estimate of drug-likeness (QED) is 0.439. The molecule has 0 atom stereocenters. The number of nitrogens with two attached hydrogens (primary N) is 1. The fraction of sp³-hybridized carbons (Fsp3) is 0.400. The van der Waals surface area contributed by atoms with Gasteiger partial charge in [-0.3, -0.25) is 0 Å². The fourth-order valence-corrected chi connectivity index (χ4v) is 3.05. The van der Waals surface area contributed by atoms with Crippen LogP contribution in [0.2, 0.25) is 0 Å². The van der Waals surface area contributed by atoms with Crippen molar-refractivity contribution in [3.05, 3.63) is 22.4 Å². The predicted octanol–water partition coefficient (Wildman–Crippen LogP) is 2.03. The van der Waals surface area contributed by atoms with E-state index in [2.05, 4.69) is 20.7 Å². The van der Waals surface area contributed by atoms with Crippen LogP contribution in [0.1, 0.15) is 0 Å². The second kappa shape index (κ2) is 6.90. The Kier molecular flexibility index (Phi) is 5.96. The highest BCUT2D eigenvalue weighted by Crippen LogP contribution is 2.25. The Morgan fingerprint density at radius 3 is 2.52 bits per heavy atom. The Morgan fingerprint density at radius 2 is 1.95 bits per heavy atom. The number of halogens is 5. The van der Waals surface area contributed by atoms with E-state index in [1.165, 1.54) is 6.07 Å². The monoisotopic (exact) mass is 394 g/mol. The maximum absolute atomic E-state index is 13.7. The molecule has 0 unspecified atom stereocenters. The van der Waals surface area contributed by atoms with E-state index >= 15 is 0 Å². The molecule has 3 N–H and O–H groups in total. The maximum Gasteiger partial charge on any atom is 0.411 e. The van der Waals surface area contributed by atoms with Gasteiger partial charge in [-0.2, -0.15) is 13.2 Å². The third-order valence-corrected chi connectivity index (χ3v) is 4.15. The smallest absolute Gasteiger partial charge is 0.399 e. The summed E-state index contributed by atoms with van der Waals surface area (Å²) in [6.07, 6.45) is -4.50. The lowest BCUT2D eigenvalue weighted by molar-refractivity contribution is -0.173. The lowest BCUT2D eigenvalue weighted by atomic mass is 10.3. The molecule has 0 radical (unpaired) electrons. The molecule has 0 saturated carbocycles. The highest BCUT2D eigenvalue weighted by molar-refractivity contribution is 9.10. The van der Waals surface area contributed by atoms with Gasteiger partial charge in [-0.15, -0.1) is 0 Å². The highest BCUT2D eigenvalue weighted by atomic mass is 79.9. The third-order valence-electron chi connectivity index (χ3n) is 2.11. The lowest BCUT2D eigenvalue weighted by Crippen LogP contribution is -2.29. The van der Waals surface area contributed by atoms with Gasteiger partial charge in [-0.1, -0.05) is 0 Å². The minimum absolute atomic E-state index is 0.0111. The molecule has 120 valence electrons. The average molecular weight is 395 g/mol. The van der Waals surface area contributed by atoms with Gasteiger partial charge >= 0.3 is 6.18 Å². The van der Waals surface area contributed by atoms with Crippen molar-refractivity contribution in [3.63, 3.8) is 0 Å². The lowest BCUT2D eigenvalue weighted by Gasteiger charge is -2.10. The van der Waals surface area contributed by atoms with Crippen molar-refractivity contribution in [2.24, 2.45) is 0 Å². The summed E-state index contributed by atoms with van der Waals surface area (Å²) in [6.45, 7) is -2.44. The molecule has 1 rings (SSSR count). The van der Waals surface area contributed by atoms with Crippen molar-refractivity contribution >= 4 is 31.6 Å². The minimum Gasteiger partial charge on any atom is -0.399 e. The van der Waals surface area contributed by atoms with Crippen LogP contribution in [0.3, 0.4) is 0 Å². The van der Waals surface area contributed by atoms with Crippen LogP contribution in [0.25, 0.3) is 0 Å². The Labute approximate surface area is 126 Å². The zero-order valence-corrected chi connectivity index (χ0v) is 12.8. The molecule has 0 aliphatic heterocycles. The van der Waals surface area contributed by atoms with Crippen molar-refractivity contribution < 1.29 is 30.7 Å². The van der Waals surface area contributed by atoms with E-state index in [1.54, 1.807) is 0 Å². The van der Waals surface area contributed by atoms with Gasteiger partial charge in [-0.05, 0) is 28.1 Å². The van der Waals surface area contributed by atoms with E-state index < -0.39 is 46.7 Å². The van der Waals surface area contributed by atoms with Crippen LogP contribution in [0.4, 0.5) is 23.2 Å². The van der Waals surface area contributed by atoms with Gasteiger partial charge in [0.25, 0.3) is 0 Å². The summed E-state index contributed by atoms with van der Waals surface area (Å²) in [7, 11) is -4.25. The standard InChI is InChI=1S/C10H11BrF4N2O3S/c11-7-3-6(16)4-8(9(7)12)21(18,19)17-1-2-20-5-10(13,14)15/h3-4,17H,1-2,5,16H2. The molecule has 21 heavy (non-hydrogen) atoms. The number of ether oxygens (including phenoxy) is 1. The maximum atomic E-state index is 13.7. The topological polar surface area (TPSA) is 81.4 Å². The van der Waals surface area contributed by atoms with Crippen LogP contribution in [-0.4, -0.2) is 34.4 Å². The number of sulfonamides is 1. The number of alkyl halides is 3. The SMILES string of the molecule is Nc1cc(Br)c(F)c(S(=O)(=O)NCCOCC(F)(F)F)c1. The first-order chi connectivity index (χ1) is 9.53. The molecule has 1 aromatic carbocycles. The van der Waals surface area contributed by atoms with Gasteiger partial charge in [0, 0.05) is 12.2 Å². The predicted molar refractivity (Wildman–Crippen MR) is 70.6 cm³/mol. The van der Waals surface area contributed by atoms with E-state index in [0.29, 0.717) is 0 Å². The van der Waals surface area contributed by atoms with Crippen LogP contribution in [0.5, 0.6) is 0 Å². The first-order valence-electron chi connectivity index (χ1n) is 5.41. The third kappa shape index (κ3) is 5.77. The van der Waals surface area contributed by atoms with E-state index in [4.69, 9.17) is 5.73 Å². The van der Waals surface area contributed by atoms with Gasteiger partial charge in [0.1, 0.15) is 11.5 Å². The van der Waals surface area contributed by atoms with Gasteiger partial charge < -0.3 is 10.5 Å². The van der Waals surface area contributed by atoms with Crippen LogP contribution in [0.15, 0.2) is 21.5 Å². The molecule has 0 amide bonds. The fourth-order valence-electron chi connectivity index (χ4n) is 1.29. The van der Waals surface area contributed by atoms with E-state index in [0.717, 1.165) is 6.07 Å². The molecule has 0 fully saturated rings. The van der Waals surface area contributed by atoms with Crippen molar-refractivity contribution in [2.75, 3.05) is 25.5 Å². The summed E-state index contributed by atoms with van der Waals surface area (Å²) >= 11 is 2.81. The molecule has 0 saturated heterocycles. The van der Waals surface area contributed by atoms with Crippen molar-refractivity contribution in [3.8, 4) is 0 Å². The molecular formula is C10H11BrF4N2O3S. The van der Waals surface area contributed by atoms with Gasteiger partial charge in [-0.25, -0.2) is 17.5 Å². The number of rotatable bonds is 6. The minimum atomic E-state index is -4.50. The number of anilines is 1. The van der Waals surface area contributed by atoms with Crippen molar-refractivity contribution in [1.82, 2.24) is 4.72 Å². The second-order valence-corrected chi connectivity index (χ2v) is 6.47. The summed E-state index contributed by atoms with van der Waals surface area (Å²) in [5.41, 5.74) is 5.42. The molecule has 0 aliphatic carbocycles. The Morgan fingerprint density at radius 1 is 1.33 bits per heavy atom. The van der Waals surface area contributed by atoms with Crippen molar-refractivity contribution in [1.29, 1.82) is 0 Å². The molecular weight excluding hydrogens is 384 g/mol. The number of nitrogens with one attached hydrogen (secondary N) is 1. The summed E-state index contributed by atoms with van der Waals surface area (Å²) in [6, 6.07) is 2.08. The van der Waals surface area contributed by atoms with Crippen LogP contribution in [-0.2, 0) is 14.8 Å². The molecule has 11 heteroatoms. The summed E-state index contributed by atoms with van der Waals surface area (Å²) in [4.78, 5) is -0.704. The summed E-state index contributed by atoms with van der Waals surface area (Å²) in [5, 5.41) is 0. The number of benzene rings is 1. The average Bonchev–Trinajstić information content (AvgIpc) is 2.31.